The lowest BCUT2D eigenvalue weighted by atomic mass is 10.0. The van der Waals surface area contributed by atoms with E-state index in [2.05, 4.69) is 54.5 Å². The Bertz CT molecular complexity index is 336. The van der Waals surface area contributed by atoms with Gasteiger partial charge in [-0.3, -0.25) is 0 Å². The van der Waals surface area contributed by atoms with Crippen LogP contribution in [0.3, 0.4) is 0 Å². The quantitative estimate of drug-likeness (QED) is 0.859. The van der Waals surface area contributed by atoms with Crippen LogP contribution in [0.2, 0.25) is 0 Å². The van der Waals surface area contributed by atoms with Crippen molar-refractivity contribution in [3.05, 3.63) is 35.9 Å². The van der Waals surface area contributed by atoms with Gasteiger partial charge in [-0.05, 0) is 45.3 Å². The van der Waals surface area contributed by atoms with Gasteiger partial charge in [-0.25, -0.2) is 0 Å². The molecular formula is C16H26N2. The van der Waals surface area contributed by atoms with Crippen molar-refractivity contribution in [3.8, 4) is 0 Å². The summed E-state index contributed by atoms with van der Waals surface area (Å²) in [6, 6.07) is 12.0. The zero-order valence-corrected chi connectivity index (χ0v) is 11.7. The van der Waals surface area contributed by atoms with Crippen molar-refractivity contribution in [2.24, 2.45) is 0 Å². The Hall–Kier alpha value is -0.860. The zero-order chi connectivity index (χ0) is 12.8. The molecule has 0 amide bonds. The molecule has 1 heterocycles. The molecule has 2 unspecified atom stereocenters. The minimum Gasteiger partial charge on any atom is -0.312 e. The van der Waals surface area contributed by atoms with Crippen molar-refractivity contribution >= 4 is 0 Å². The Kier molecular flexibility index (Phi) is 5.21. The highest BCUT2D eigenvalue weighted by atomic mass is 15.2. The molecule has 0 saturated carbocycles. The summed E-state index contributed by atoms with van der Waals surface area (Å²) < 4.78 is 0. The Labute approximate surface area is 111 Å². The second-order valence-corrected chi connectivity index (χ2v) is 5.63. The monoisotopic (exact) mass is 246 g/mol. The normalized spacial score (nSPS) is 22.9. The van der Waals surface area contributed by atoms with Gasteiger partial charge in [0.15, 0.2) is 0 Å². The Morgan fingerprint density at radius 2 is 2.06 bits per heavy atom. The molecule has 1 saturated heterocycles. The van der Waals surface area contributed by atoms with Crippen molar-refractivity contribution in [1.29, 1.82) is 0 Å². The van der Waals surface area contributed by atoms with E-state index in [1.807, 2.05) is 0 Å². The van der Waals surface area contributed by atoms with Crippen molar-refractivity contribution < 1.29 is 0 Å². The van der Waals surface area contributed by atoms with Crippen molar-refractivity contribution in [1.82, 2.24) is 10.2 Å². The molecule has 0 radical (unpaired) electrons. The number of rotatable bonds is 5. The van der Waals surface area contributed by atoms with Crippen LogP contribution >= 0.6 is 0 Å². The number of hydrogen-bond acceptors (Lipinski definition) is 2. The summed E-state index contributed by atoms with van der Waals surface area (Å²) in [5.41, 5.74) is 1.43. The summed E-state index contributed by atoms with van der Waals surface area (Å²) in [5, 5.41) is 3.69. The predicted molar refractivity (Wildman–Crippen MR) is 77.9 cm³/mol. The van der Waals surface area contributed by atoms with E-state index in [-0.39, 0.29) is 0 Å². The average Bonchev–Trinajstić information content (AvgIpc) is 2.39. The van der Waals surface area contributed by atoms with Gasteiger partial charge < -0.3 is 10.2 Å². The zero-order valence-electron chi connectivity index (χ0n) is 11.7. The van der Waals surface area contributed by atoms with Gasteiger partial charge in [-0.1, -0.05) is 36.8 Å². The molecule has 0 aromatic heterocycles. The van der Waals surface area contributed by atoms with Crippen molar-refractivity contribution in [2.75, 3.05) is 20.1 Å². The summed E-state index contributed by atoms with van der Waals surface area (Å²) in [6.45, 7) is 4.68. The molecule has 1 N–H and O–H groups in total. The Balaban J connectivity index is 1.72. The van der Waals surface area contributed by atoms with Crippen molar-refractivity contribution in [2.45, 2.75) is 44.7 Å². The molecule has 0 spiro atoms. The first-order valence-electron chi connectivity index (χ1n) is 7.23. The molecule has 0 bridgehead atoms. The lowest BCUT2D eigenvalue weighted by molar-refractivity contribution is 0.178. The summed E-state index contributed by atoms with van der Waals surface area (Å²) in [7, 11) is 2.26. The van der Waals surface area contributed by atoms with E-state index in [1.54, 1.807) is 0 Å². The molecule has 1 aromatic rings. The van der Waals surface area contributed by atoms with E-state index in [9.17, 15) is 0 Å². The third-order valence-corrected chi connectivity index (χ3v) is 4.01. The SMILES string of the molecule is CC(Cc1ccccc1)NCC1CCCCN1C. The third kappa shape index (κ3) is 4.11. The van der Waals surface area contributed by atoms with Crippen LogP contribution in [0.25, 0.3) is 0 Å². The first-order chi connectivity index (χ1) is 8.75. The fourth-order valence-corrected chi connectivity index (χ4v) is 2.78. The lowest BCUT2D eigenvalue weighted by Crippen LogP contribution is -2.45. The highest BCUT2D eigenvalue weighted by Crippen LogP contribution is 2.14. The van der Waals surface area contributed by atoms with E-state index in [0.29, 0.717) is 6.04 Å². The fourth-order valence-electron chi connectivity index (χ4n) is 2.78. The van der Waals surface area contributed by atoms with Gasteiger partial charge in [-0.2, -0.15) is 0 Å². The van der Waals surface area contributed by atoms with Gasteiger partial charge in [0.05, 0.1) is 0 Å². The number of likely N-dealkylation sites (tertiary alicyclic amines) is 1. The highest BCUT2D eigenvalue weighted by molar-refractivity contribution is 5.15. The van der Waals surface area contributed by atoms with E-state index in [1.165, 1.54) is 31.4 Å². The number of likely N-dealkylation sites (N-methyl/N-ethyl adjacent to an activating group) is 1. The van der Waals surface area contributed by atoms with Crippen LogP contribution in [-0.2, 0) is 6.42 Å². The Morgan fingerprint density at radius 1 is 1.28 bits per heavy atom. The van der Waals surface area contributed by atoms with Gasteiger partial charge in [0, 0.05) is 18.6 Å². The average molecular weight is 246 g/mol. The minimum absolute atomic E-state index is 0.558. The summed E-state index contributed by atoms with van der Waals surface area (Å²) in [6.07, 6.45) is 5.23. The number of nitrogens with zero attached hydrogens (tertiary/aromatic N) is 1. The Morgan fingerprint density at radius 3 is 2.78 bits per heavy atom. The summed E-state index contributed by atoms with van der Waals surface area (Å²) in [4.78, 5) is 2.51. The molecule has 1 aromatic carbocycles. The van der Waals surface area contributed by atoms with Crippen molar-refractivity contribution in [3.63, 3.8) is 0 Å². The third-order valence-electron chi connectivity index (χ3n) is 4.01. The maximum Gasteiger partial charge on any atom is 0.0217 e. The maximum atomic E-state index is 3.69. The van der Waals surface area contributed by atoms with E-state index < -0.39 is 0 Å². The van der Waals surface area contributed by atoms with Crippen LogP contribution in [0.1, 0.15) is 31.7 Å². The predicted octanol–water partition coefficient (Wildman–Crippen LogP) is 2.69. The number of benzene rings is 1. The number of hydrogen-bond donors (Lipinski definition) is 1. The van der Waals surface area contributed by atoms with E-state index in [4.69, 9.17) is 0 Å². The smallest absolute Gasteiger partial charge is 0.0217 e. The van der Waals surface area contributed by atoms with E-state index in [0.717, 1.165) is 19.0 Å². The standard InChI is InChI=1S/C16H26N2/c1-14(12-15-8-4-3-5-9-15)17-13-16-10-6-7-11-18(16)2/h3-5,8-9,14,16-17H,6-7,10-13H2,1-2H3. The largest absolute Gasteiger partial charge is 0.312 e. The maximum absolute atomic E-state index is 3.69. The second kappa shape index (κ2) is 6.91. The molecule has 1 aliphatic heterocycles. The van der Waals surface area contributed by atoms with E-state index >= 15 is 0 Å². The molecule has 0 aliphatic carbocycles. The topological polar surface area (TPSA) is 15.3 Å². The molecule has 1 aliphatic rings. The number of nitrogens with one attached hydrogen (secondary N) is 1. The van der Waals surface area contributed by atoms with Gasteiger partial charge in [0.1, 0.15) is 0 Å². The molecule has 100 valence electrons. The highest BCUT2D eigenvalue weighted by Gasteiger charge is 2.18. The first kappa shape index (κ1) is 13.6. The van der Waals surface area contributed by atoms with Crippen LogP contribution in [0.15, 0.2) is 30.3 Å². The lowest BCUT2D eigenvalue weighted by Gasteiger charge is -2.33. The minimum atomic E-state index is 0.558. The second-order valence-electron chi connectivity index (χ2n) is 5.63. The van der Waals surface area contributed by atoms with Gasteiger partial charge in [0.25, 0.3) is 0 Å². The molecule has 2 atom stereocenters. The van der Waals surface area contributed by atoms with Gasteiger partial charge in [0.2, 0.25) is 0 Å². The summed E-state index contributed by atoms with van der Waals surface area (Å²) in [5.74, 6) is 0. The molecule has 2 heteroatoms. The van der Waals surface area contributed by atoms with Crippen LogP contribution in [0.5, 0.6) is 0 Å². The molecular weight excluding hydrogens is 220 g/mol. The van der Waals surface area contributed by atoms with Gasteiger partial charge >= 0.3 is 0 Å². The molecule has 2 rings (SSSR count). The van der Waals surface area contributed by atoms with Crippen LogP contribution < -0.4 is 5.32 Å². The fraction of sp³-hybridized carbons (Fsp3) is 0.625. The van der Waals surface area contributed by atoms with Crippen LogP contribution in [0, 0.1) is 0 Å². The number of piperidine rings is 1. The first-order valence-corrected chi connectivity index (χ1v) is 7.23. The molecule has 18 heavy (non-hydrogen) atoms. The molecule has 2 nitrogen and oxygen atoms in total. The van der Waals surface area contributed by atoms with Crippen LogP contribution in [-0.4, -0.2) is 37.1 Å². The molecule has 1 fully saturated rings. The van der Waals surface area contributed by atoms with Crippen LogP contribution in [0.4, 0.5) is 0 Å². The summed E-state index contributed by atoms with van der Waals surface area (Å²) >= 11 is 0. The van der Waals surface area contributed by atoms with Gasteiger partial charge in [-0.15, -0.1) is 0 Å².